The molecule has 1 amide bonds. The van der Waals surface area contributed by atoms with Gasteiger partial charge in [0, 0.05) is 19.2 Å². The van der Waals surface area contributed by atoms with Gasteiger partial charge in [0.25, 0.3) is 0 Å². The fourth-order valence-corrected chi connectivity index (χ4v) is 5.40. The van der Waals surface area contributed by atoms with Crippen molar-refractivity contribution < 1.29 is 22.7 Å². The van der Waals surface area contributed by atoms with E-state index in [1.54, 1.807) is 6.07 Å². The first-order valence-electron chi connectivity index (χ1n) is 10.6. The molecule has 1 saturated heterocycles. The van der Waals surface area contributed by atoms with Crippen LogP contribution >= 0.6 is 0 Å². The molecular weight excluding hydrogens is 406 g/mol. The molecule has 0 radical (unpaired) electrons. The number of nitrogens with zero attached hydrogens (tertiary/aromatic N) is 2. The maximum Gasteiger partial charge on any atom is 0.243 e. The number of nitrogens with one attached hydrogen (secondary N) is 1. The van der Waals surface area contributed by atoms with Crippen molar-refractivity contribution in [3.05, 3.63) is 18.2 Å². The van der Waals surface area contributed by atoms with Crippen molar-refractivity contribution in [2.75, 3.05) is 46.9 Å². The summed E-state index contributed by atoms with van der Waals surface area (Å²) >= 11 is 0. The summed E-state index contributed by atoms with van der Waals surface area (Å²) in [6, 6.07) is 3.81. The number of unbranched alkanes of at least 4 members (excludes halogenated alkanes) is 1. The Morgan fingerprint density at radius 2 is 1.87 bits per heavy atom. The van der Waals surface area contributed by atoms with E-state index in [1.807, 2.05) is 0 Å². The average Bonchev–Trinajstić information content (AvgIpc) is 3.26. The van der Waals surface area contributed by atoms with Crippen LogP contribution in [0.2, 0.25) is 0 Å². The van der Waals surface area contributed by atoms with Crippen molar-refractivity contribution in [3.8, 4) is 11.5 Å². The summed E-state index contributed by atoms with van der Waals surface area (Å²) in [7, 11) is -0.860. The molecule has 1 aromatic carbocycles. The van der Waals surface area contributed by atoms with E-state index in [2.05, 4.69) is 24.1 Å². The summed E-state index contributed by atoms with van der Waals surface area (Å²) in [4.78, 5) is 15.1. The molecule has 2 rings (SSSR count). The molecular formula is C21H35N3O5S. The molecule has 9 heteroatoms. The highest BCUT2D eigenvalue weighted by Gasteiger charge is 2.39. The van der Waals surface area contributed by atoms with Crippen LogP contribution in [0.15, 0.2) is 23.1 Å². The Morgan fingerprint density at radius 1 is 1.17 bits per heavy atom. The molecule has 0 bridgehead atoms. The van der Waals surface area contributed by atoms with Gasteiger partial charge >= 0.3 is 0 Å². The molecule has 1 heterocycles. The predicted molar refractivity (Wildman–Crippen MR) is 116 cm³/mol. The average molecular weight is 442 g/mol. The molecule has 0 aromatic heterocycles. The van der Waals surface area contributed by atoms with E-state index in [-0.39, 0.29) is 10.8 Å². The zero-order chi connectivity index (χ0) is 22.1. The van der Waals surface area contributed by atoms with Crippen LogP contribution in [0.3, 0.4) is 0 Å². The van der Waals surface area contributed by atoms with Crippen molar-refractivity contribution in [1.82, 2.24) is 14.5 Å². The van der Waals surface area contributed by atoms with E-state index in [0.717, 1.165) is 32.5 Å². The lowest BCUT2D eigenvalue weighted by Gasteiger charge is -2.24. The van der Waals surface area contributed by atoms with Crippen molar-refractivity contribution >= 4 is 15.9 Å². The normalized spacial score (nSPS) is 17.3. The standard InChI is InChI=1S/C21H35N3O5S/c1-5-23(6-2)14-8-7-13-22-21(25)18-10-9-15-24(18)30(26,27)17-11-12-19(28-3)20(16-17)29-4/h11-12,16,18H,5-10,13-15H2,1-4H3,(H,22,25). The van der Waals surface area contributed by atoms with Gasteiger partial charge in [-0.25, -0.2) is 8.42 Å². The molecule has 170 valence electrons. The first-order chi connectivity index (χ1) is 14.4. The lowest BCUT2D eigenvalue weighted by molar-refractivity contribution is -0.124. The molecule has 30 heavy (non-hydrogen) atoms. The Morgan fingerprint density at radius 3 is 2.50 bits per heavy atom. The summed E-state index contributed by atoms with van der Waals surface area (Å²) in [6.07, 6.45) is 3.06. The summed E-state index contributed by atoms with van der Waals surface area (Å²) < 4.78 is 38.1. The molecule has 1 N–H and O–H groups in total. The zero-order valence-corrected chi connectivity index (χ0v) is 19.3. The number of sulfonamides is 1. The van der Waals surface area contributed by atoms with Crippen molar-refractivity contribution in [1.29, 1.82) is 0 Å². The predicted octanol–water partition coefficient (Wildman–Crippen LogP) is 2.10. The molecule has 1 atom stereocenters. The second-order valence-corrected chi connectivity index (χ2v) is 9.21. The van der Waals surface area contributed by atoms with Crippen LogP contribution in [0.25, 0.3) is 0 Å². The number of ether oxygens (including phenoxy) is 2. The van der Waals surface area contributed by atoms with Gasteiger partial charge in [-0.1, -0.05) is 13.8 Å². The van der Waals surface area contributed by atoms with Crippen LogP contribution in [-0.2, 0) is 14.8 Å². The number of rotatable bonds is 12. The molecule has 8 nitrogen and oxygen atoms in total. The summed E-state index contributed by atoms with van der Waals surface area (Å²) in [5.41, 5.74) is 0. The van der Waals surface area contributed by atoms with E-state index >= 15 is 0 Å². The first kappa shape index (κ1) is 24.4. The smallest absolute Gasteiger partial charge is 0.243 e. The Balaban J connectivity index is 1.99. The van der Waals surface area contributed by atoms with Crippen LogP contribution < -0.4 is 14.8 Å². The second-order valence-electron chi connectivity index (χ2n) is 7.32. The quantitative estimate of drug-likeness (QED) is 0.500. The topological polar surface area (TPSA) is 88.2 Å². The molecule has 0 spiro atoms. The third-order valence-electron chi connectivity index (χ3n) is 5.56. The number of carbonyl (C=O) groups excluding carboxylic acids is 1. The fraction of sp³-hybridized carbons (Fsp3) is 0.667. The minimum Gasteiger partial charge on any atom is -0.493 e. The zero-order valence-electron chi connectivity index (χ0n) is 18.5. The Kier molecular flexibility index (Phi) is 9.38. The lowest BCUT2D eigenvalue weighted by Crippen LogP contribution is -2.46. The molecule has 0 saturated carbocycles. The Labute approximate surface area is 180 Å². The number of carbonyl (C=O) groups is 1. The van der Waals surface area contributed by atoms with Gasteiger partial charge in [0.15, 0.2) is 11.5 Å². The number of hydrogen-bond donors (Lipinski definition) is 1. The van der Waals surface area contributed by atoms with Gasteiger partial charge in [-0.2, -0.15) is 4.31 Å². The van der Waals surface area contributed by atoms with Crippen LogP contribution in [0.4, 0.5) is 0 Å². The SMILES string of the molecule is CCN(CC)CCCCNC(=O)C1CCCN1S(=O)(=O)c1ccc(OC)c(OC)c1. The lowest BCUT2D eigenvalue weighted by atomic mass is 10.2. The van der Waals surface area contributed by atoms with E-state index in [1.165, 1.54) is 30.7 Å². The minimum absolute atomic E-state index is 0.0964. The third-order valence-corrected chi connectivity index (χ3v) is 7.47. The van der Waals surface area contributed by atoms with Gasteiger partial charge < -0.3 is 19.7 Å². The van der Waals surface area contributed by atoms with Crippen molar-refractivity contribution in [2.24, 2.45) is 0 Å². The molecule has 0 aliphatic carbocycles. The molecule has 1 aliphatic rings. The van der Waals surface area contributed by atoms with Crippen molar-refractivity contribution in [3.63, 3.8) is 0 Å². The molecule has 1 fully saturated rings. The number of amides is 1. The van der Waals surface area contributed by atoms with Crippen LogP contribution in [0.5, 0.6) is 11.5 Å². The van der Waals surface area contributed by atoms with Gasteiger partial charge in [0.1, 0.15) is 6.04 Å². The third kappa shape index (κ3) is 5.86. The monoisotopic (exact) mass is 441 g/mol. The van der Waals surface area contributed by atoms with Gasteiger partial charge in [0.2, 0.25) is 15.9 Å². The molecule has 1 aliphatic heterocycles. The van der Waals surface area contributed by atoms with Gasteiger partial charge in [-0.3, -0.25) is 4.79 Å². The second kappa shape index (κ2) is 11.5. The molecule has 1 aromatic rings. The van der Waals surface area contributed by atoms with Crippen LogP contribution in [0.1, 0.15) is 39.5 Å². The van der Waals surface area contributed by atoms with E-state index in [9.17, 15) is 13.2 Å². The van der Waals surface area contributed by atoms with Crippen molar-refractivity contribution in [2.45, 2.75) is 50.5 Å². The number of hydrogen-bond acceptors (Lipinski definition) is 6. The largest absolute Gasteiger partial charge is 0.493 e. The minimum atomic E-state index is -3.81. The highest BCUT2D eigenvalue weighted by molar-refractivity contribution is 7.89. The van der Waals surface area contributed by atoms with E-state index < -0.39 is 16.1 Å². The number of benzene rings is 1. The fourth-order valence-electron chi connectivity index (χ4n) is 3.73. The summed E-state index contributed by atoms with van der Waals surface area (Å²) in [5, 5.41) is 2.92. The van der Waals surface area contributed by atoms with E-state index in [0.29, 0.717) is 37.4 Å². The number of methoxy groups -OCH3 is 2. The van der Waals surface area contributed by atoms with Gasteiger partial charge in [-0.15, -0.1) is 0 Å². The molecule has 1 unspecified atom stereocenters. The Bertz CT molecular complexity index is 796. The maximum atomic E-state index is 13.2. The Hall–Kier alpha value is -1.84. The first-order valence-corrected chi connectivity index (χ1v) is 12.1. The van der Waals surface area contributed by atoms with Gasteiger partial charge in [-0.05, 0) is 57.5 Å². The van der Waals surface area contributed by atoms with Crippen LogP contribution in [-0.4, -0.2) is 76.5 Å². The summed E-state index contributed by atoms with van der Waals surface area (Å²) in [6.45, 7) is 8.21. The highest BCUT2D eigenvalue weighted by Crippen LogP contribution is 2.33. The summed E-state index contributed by atoms with van der Waals surface area (Å²) in [5.74, 6) is 0.572. The highest BCUT2D eigenvalue weighted by atomic mass is 32.2. The van der Waals surface area contributed by atoms with Crippen LogP contribution in [0, 0.1) is 0 Å². The van der Waals surface area contributed by atoms with Gasteiger partial charge in [0.05, 0.1) is 19.1 Å². The maximum absolute atomic E-state index is 13.2. The van der Waals surface area contributed by atoms with E-state index in [4.69, 9.17) is 9.47 Å².